The van der Waals surface area contributed by atoms with Crippen molar-refractivity contribution >= 4 is 40.9 Å². The fourth-order valence-corrected chi connectivity index (χ4v) is 4.21. The number of ether oxygens (including phenoxy) is 2. The molecular formula is C20H29BrNO8P. The van der Waals surface area contributed by atoms with Gasteiger partial charge in [0.1, 0.15) is 0 Å². The van der Waals surface area contributed by atoms with Crippen molar-refractivity contribution in [2.75, 3.05) is 26.4 Å². The number of nitrogens with zero attached hydrogens (tertiary/aromatic N) is 1. The third-order valence-corrected chi connectivity index (χ3v) is 6.25. The third-order valence-electron chi connectivity index (χ3n) is 3.56. The Balaban J connectivity index is 3.50. The number of carbonyl (C=O) groups excluding carboxylic acids is 2. The van der Waals surface area contributed by atoms with Crippen LogP contribution < -0.4 is 0 Å². The summed E-state index contributed by atoms with van der Waals surface area (Å²) in [4.78, 5) is 30.2. The normalized spacial score (nSPS) is 12.4. The second-order valence-electron chi connectivity index (χ2n) is 6.07. The Kier molecular flexibility index (Phi) is 12.0. The molecule has 0 bridgehead atoms. The highest BCUT2D eigenvalue weighted by molar-refractivity contribution is 9.10. The number of benzene rings is 1. The van der Waals surface area contributed by atoms with Crippen molar-refractivity contribution in [3.05, 3.63) is 35.9 Å². The molecule has 0 aromatic heterocycles. The van der Waals surface area contributed by atoms with E-state index >= 15 is 0 Å². The third kappa shape index (κ3) is 7.71. The average Bonchev–Trinajstić information content (AvgIpc) is 2.77. The van der Waals surface area contributed by atoms with E-state index in [0.29, 0.717) is 18.4 Å². The van der Waals surface area contributed by atoms with Gasteiger partial charge in [-0.25, -0.2) is 9.59 Å². The summed E-state index contributed by atoms with van der Waals surface area (Å²) in [5, 5.41) is 3.91. The van der Waals surface area contributed by atoms with Crippen molar-refractivity contribution in [3.8, 4) is 0 Å². The highest BCUT2D eigenvalue weighted by Crippen LogP contribution is 2.52. The molecule has 9 nitrogen and oxygen atoms in total. The predicted octanol–water partition coefficient (Wildman–Crippen LogP) is 4.63. The Bertz CT molecular complexity index is 757. The summed E-state index contributed by atoms with van der Waals surface area (Å²) in [6.45, 7) is 7.10. The van der Waals surface area contributed by atoms with Gasteiger partial charge in [-0.15, -0.1) is 0 Å². The summed E-state index contributed by atoms with van der Waals surface area (Å²) in [6.07, 6.45) is 1.16. The smallest absolute Gasteiger partial charge is 0.383 e. The number of halogens is 1. The van der Waals surface area contributed by atoms with Crippen molar-refractivity contribution < 1.29 is 37.5 Å². The van der Waals surface area contributed by atoms with Crippen LogP contribution in [0.25, 0.3) is 0 Å². The second kappa shape index (κ2) is 13.6. The zero-order valence-corrected chi connectivity index (χ0v) is 20.6. The van der Waals surface area contributed by atoms with Crippen LogP contribution in [0.1, 0.15) is 46.1 Å². The largest absolute Gasteiger partial charge is 0.462 e. The van der Waals surface area contributed by atoms with Gasteiger partial charge in [-0.05, 0) is 42.6 Å². The van der Waals surface area contributed by atoms with Gasteiger partial charge in [0, 0.05) is 5.56 Å². The van der Waals surface area contributed by atoms with Gasteiger partial charge in [0.25, 0.3) is 0 Å². The van der Waals surface area contributed by atoms with Crippen LogP contribution in [-0.4, -0.2) is 48.3 Å². The van der Waals surface area contributed by atoms with Gasteiger partial charge in [-0.1, -0.05) is 49.3 Å². The second-order valence-corrected chi connectivity index (χ2v) is 9.12. The van der Waals surface area contributed by atoms with E-state index in [4.69, 9.17) is 23.4 Å². The number of oxime groups is 1. The molecule has 0 aliphatic rings. The molecule has 0 heterocycles. The number of hydrogen-bond donors (Lipinski definition) is 0. The van der Waals surface area contributed by atoms with E-state index in [2.05, 4.69) is 21.1 Å². The van der Waals surface area contributed by atoms with Crippen molar-refractivity contribution in [2.45, 2.75) is 45.0 Å². The Morgan fingerprint density at radius 1 is 0.935 bits per heavy atom. The first-order valence-corrected chi connectivity index (χ1v) is 12.4. The summed E-state index contributed by atoms with van der Waals surface area (Å²) in [5.41, 5.74) is 0.188. The lowest BCUT2D eigenvalue weighted by atomic mass is 10.2. The van der Waals surface area contributed by atoms with Gasteiger partial charge >= 0.3 is 24.0 Å². The van der Waals surface area contributed by atoms with E-state index in [1.54, 1.807) is 44.2 Å². The molecule has 1 aromatic rings. The highest BCUT2D eigenvalue weighted by Gasteiger charge is 2.51. The van der Waals surface area contributed by atoms with Crippen LogP contribution in [0.4, 0.5) is 0 Å². The van der Waals surface area contributed by atoms with Crippen LogP contribution >= 0.6 is 23.5 Å². The predicted molar refractivity (Wildman–Crippen MR) is 119 cm³/mol. The van der Waals surface area contributed by atoms with Crippen molar-refractivity contribution in [1.29, 1.82) is 0 Å². The molecule has 0 fully saturated rings. The maximum atomic E-state index is 13.6. The molecule has 1 rings (SSSR count). The number of rotatable bonds is 14. The first-order valence-electron chi connectivity index (χ1n) is 10.0. The van der Waals surface area contributed by atoms with Gasteiger partial charge in [-0.3, -0.25) is 4.57 Å². The van der Waals surface area contributed by atoms with Gasteiger partial charge in [-0.2, -0.15) is 0 Å². The maximum Gasteiger partial charge on any atom is 0.383 e. The molecule has 0 spiro atoms. The molecule has 0 radical (unpaired) electrons. The van der Waals surface area contributed by atoms with E-state index in [9.17, 15) is 14.2 Å². The van der Waals surface area contributed by atoms with Crippen molar-refractivity contribution in [1.82, 2.24) is 0 Å². The van der Waals surface area contributed by atoms with Crippen molar-refractivity contribution in [3.63, 3.8) is 0 Å². The van der Waals surface area contributed by atoms with Crippen LogP contribution in [0.5, 0.6) is 0 Å². The molecule has 0 amide bonds. The van der Waals surface area contributed by atoms with Crippen LogP contribution in [0.15, 0.2) is 35.5 Å². The average molecular weight is 522 g/mol. The zero-order chi connectivity index (χ0) is 23.3. The van der Waals surface area contributed by atoms with E-state index < -0.39 is 24.0 Å². The highest BCUT2D eigenvalue weighted by atomic mass is 79.9. The molecule has 0 aliphatic heterocycles. The van der Waals surface area contributed by atoms with E-state index in [1.807, 2.05) is 13.8 Å². The molecule has 0 aliphatic carbocycles. The minimum absolute atomic E-state index is 0.0120. The molecule has 0 atom stereocenters. The molecule has 0 saturated carbocycles. The van der Waals surface area contributed by atoms with Crippen LogP contribution in [0.2, 0.25) is 0 Å². The summed E-state index contributed by atoms with van der Waals surface area (Å²) in [7, 11) is -3.96. The molecule has 0 unspecified atom stereocenters. The molecule has 11 heteroatoms. The van der Waals surface area contributed by atoms with E-state index in [-0.39, 0.29) is 31.9 Å². The number of esters is 2. The summed E-state index contributed by atoms with van der Waals surface area (Å²) >= 11 is 2.94. The first kappa shape index (κ1) is 27.3. The minimum Gasteiger partial charge on any atom is -0.462 e. The van der Waals surface area contributed by atoms with Crippen LogP contribution in [0, 0.1) is 0 Å². The molecule has 174 valence electrons. The Morgan fingerprint density at radius 2 is 1.42 bits per heavy atom. The lowest BCUT2D eigenvalue weighted by Crippen LogP contribution is -2.45. The van der Waals surface area contributed by atoms with Crippen molar-refractivity contribution in [2.24, 2.45) is 5.16 Å². The molecule has 0 N–H and O–H groups in total. The van der Waals surface area contributed by atoms with Gasteiger partial charge in [0.15, 0.2) is 5.45 Å². The quantitative estimate of drug-likeness (QED) is 0.0869. The maximum absolute atomic E-state index is 13.6. The standard InChI is InChI=1S/C20H29BrNO8P/c1-5-14-28-31(25,29-15-6-2)17(16-12-10-9-11-13-16)22-30-20(21,18(23)26-7-3)19(24)27-8-4/h9-13H,5-8,14-15H2,1-4H3/b22-17-. The molecule has 0 saturated heterocycles. The summed E-state index contributed by atoms with van der Waals surface area (Å²) in [6, 6.07) is 8.42. The number of alkyl halides is 1. The Morgan fingerprint density at radius 3 is 1.84 bits per heavy atom. The fourth-order valence-electron chi connectivity index (χ4n) is 2.14. The topological polar surface area (TPSA) is 110 Å². The van der Waals surface area contributed by atoms with Gasteiger partial charge in [0.05, 0.1) is 26.4 Å². The lowest BCUT2D eigenvalue weighted by Gasteiger charge is -2.23. The minimum atomic E-state index is -3.96. The SMILES string of the molecule is CCCOP(=O)(OCCC)/C(=N\OC(Br)(C(=O)OCC)C(=O)OCC)c1ccccc1. The Hall–Kier alpha value is -1.74. The fraction of sp³-hybridized carbons (Fsp3) is 0.550. The van der Waals surface area contributed by atoms with Gasteiger partial charge in [0.2, 0.25) is 0 Å². The molecule has 31 heavy (non-hydrogen) atoms. The summed E-state index contributed by atoms with van der Waals surface area (Å²) in [5.74, 6) is -2.13. The Labute approximate surface area is 191 Å². The zero-order valence-electron chi connectivity index (χ0n) is 18.2. The number of carbonyl (C=O) groups is 2. The van der Waals surface area contributed by atoms with Gasteiger partial charge < -0.3 is 23.4 Å². The number of hydrogen-bond acceptors (Lipinski definition) is 9. The van der Waals surface area contributed by atoms with E-state index in [0.717, 1.165) is 0 Å². The molecule has 1 aromatic carbocycles. The lowest BCUT2D eigenvalue weighted by molar-refractivity contribution is -0.176. The monoisotopic (exact) mass is 521 g/mol. The van der Waals surface area contributed by atoms with Crippen LogP contribution in [-0.2, 0) is 37.5 Å². The molecular weight excluding hydrogens is 493 g/mol. The van der Waals surface area contributed by atoms with E-state index in [1.165, 1.54) is 0 Å². The first-order chi connectivity index (χ1) is 14.8. The van der Waals surface area contributed by atoms with Crippen LogP contribution in [0.3, 0.4) is 0 Å². The summed E-state index contributed by atoms with van der Waals surface area (Å²) < 4.78 is 32.2.